The fraction of sp³-hybridized carbons (Fsp3) is 0.209. The second kappa shape index (κ2) is 18.5. The van der Waals surface area contributed by atoms with Crippen molar-refractivity contribution in [2.45, 2.75) is 47.0 Å². The van der Waals surface area contributed by atoms with Crippen molar-refractivity contribution in [3.63, 3.8) is 0 Å². The number of benzene rings is 3. The number of rotatable bonds is 14. The van der Waals surface area contributed by atoms with Crippen LogP contribution in [0.15, 0.2) is 112 Å². The first-order valence-electron chi connectivity index (χ1n) is 18.5. The molecule has 0 aliphatic carbocycles. The fourth-order valence-corrected chi connectivity index (χ4v) is 5.67. The summed E-state index contributed by atoms with van der Waals surface area (Å²) in [7, 11) is 0. The van der Waals surface area contributed by atoms with Crippen LogP contribution in [0.4, 0.5) is 21.9 Å². The molecule has 4 aromatic rings. The average Bonchev–Trinajstić information content (AvgIpc) is 3.18. The minimum Gasteiger partial charge on any atom is -0.494 e. The molecule has 5 N–H and O–H groups in total. The molecule has 304 valence electrons. The van der Waals surface area contributed by atoms with Crippen LogP contribution in [0, 0.1) is 5.41 Å². The van der Waals surface area contributed by atoms with Crippen molar-refractivity contribution in [3.8, 4) is 11.6 Å². The molecule has 0 atom stereocenters. The maximum absolute atomic E-state index is 13.8. The first-order chi connectivity index (χ1) is 28.1. The lowest BCUT2D eigenvalue weighted by Crippen LogP contribution is -2.54. The van der Waals surface area contributed by atoms with E-state index in [1.54, 1.807) is 56.3 Å². The van der Waals surface area contributed by atoms with E-state index in [-0.39, 0.29) is 54.0 Å². The summed E-state index contributed by atoms with van der Waals surface area (Å²) in [6, 6.07) is 19.5. The molecular weight excluding hydrogens is 761 g/mol. The van der Waals surface area contributed by atoms with Crippen LogP contribution >= 0.6 is 0 Å². The van der Waals surface area contributed by atoms with Crippen LogP contribution in [0.5, 0.6) is 5.88 Å². The van der Waals surface area contributed by atoms with Crippen LogP contribution in [-0.4, -0.2) is 56.9 Å². The molecule has 16 nitrogen and oxygen atoms in total. The summed E-state index contributed by atoms with van der Waals surface area (Å²) in [5.74, 6) is -3.77. The largest absolute Gasteiger partial charge is 0.494 e. The molecule has 1 fully saturated rings. The maximum atomic E-state index is 13.8. The number of nitrogens with zero attached hydrogens (tertiary/aromatic N) is 2. The van der Waals surface area contributed by atoms with Crippen LogP contribution < -0.4 is 32.1 Å². The fourth-order valence-electron chi connectivity index (χ4n) is 5.67. The molecule has 1 aromatic heterocycles. The molecule has 6 amide bonds. The number of carbonyl (C=O) groups is 6. The third-order valence-electron chi connectivity index (χ3n) is 9.22. The van der Waals surface area contributed by atoms with Crippen molar-refractivity contribution in [2.24, 2.45) is 5.41 Å². The normalized spacial score (nSPS) is 14.0. The number of hydrogen-bond donors (Lipinski definition) is 5. The van der Waals surface area contributed by atoms with E-state index in [4.69, 9.17) is 4.74 Å². The van der Waals surface area contributed by atoms with E-state index in [9.17, 15) is 43.5 Å². The van der Waals surface area contributed by atoms with Crippen molar-refractivity contribution < 1.29 is 38.6 Å². The van der Waals surface area contributed by atoms with E-state index >= 15 is 0 Å². The Hall–Kier alpha value is -7.62. The summed E-state index contributed by atoms with van der Waals surface area (Å²) < 4.78 is 6.07. The Morgan fingerprint density at radius 3 is 2.22 bits per heavy atom. The SMILES string of the molecule is CCC(C)(C)C(=O)OCCCC(=O)Nc1cccc(N2C(=O)NC(=O)C(=CC=C(C=Cc3c(O)[nH]c(=O)n(-c4cccc(NC(C)=O)c4)c3=O)c3ccccc3)C2=O)c1. The number of urea groups is 1. The third kappa shape index (κ3) is 10.4. The van der Waals surface area contributed by atoms with Crippen molar-refractivity contribution in [1.82, 2.24) is 14.9 Å². The molecule has 1 saturated heterocycles. The minimum atomic E-state index is -1.02. The third-order valence-corrected chi connectivity index (χ3v) is 9.22. The molecule has 0 bridgehead atoms. The average molecular weight is 803 g/mol. The molecular formula is C43H42N6O10. The summed E-state index contributed by atoms with van der Waals surface area (Å²) in [5.41, 5.74) is -1.51. The lowest BCUT2D eigenvalue weighted by molar-refractivity contribution is -0.154. The van der Waals surface area contributed by atoms with E-state index in [2.05, 4.69) is 20.9 Å². The number of imide groups is 2. The van der Waals surface area contributed by atoms with Crippen LogP contribution in [0.3, 0.4) is 0 Å². The number of aromatic hydroxyl groups is 1. The van der Waals surface area contributed by atoms with Crippen molar-refractivity contribution in [2.75, 3.05) is 22.1 Å². The first kappa shape index (κ1) is 42.5. The van der Waals surface area contributed by atoms with Crippen LogP contribution in [0.2, 0.25) is 0 Å². The number of nitrogens with one attached hydrogen (secondary N) is 4. The highest BCUT2D eigenvalue weighted by atomic mass is 16.5. The minimum absolute atomic E-state index is 0.0326. The van der Waals surface area contributed by atoms with Crippen molar-refractivity contribution in [1.29, 1.82) is 0 Å². The molecule has 0 radical (unpaired) electrons. The highest BCUT2D eigenvalue weighted by Gasteiger charge is 2.36. The summed E-state index contributed by atoms with van der Waals surface area (Å²) in [5, 5.41) is 18.1. The Morgan fingerprint density at radius 1 is 0.881 bits per heavy atom. The van der Waals surface area contributed by atoms with Gasteiger partial charge < -0.3 is 20.5 Å². The standard InChI is InChI=1S/C43H42N6O10/c1-5-43(3,4)40(56)59-23-11-18-35(51)45-30-15-10-17-32(25-30)49-39(55)34(37(53)47-42(49)58)22-20-28(27-12-7-6-8-13-27)19-21-33-36(52)46-41(57)48(38(33)54)31-16-9-14-29(24-31)44-26(2)50/h6-10,12-17,19-22,24-25,52H,5,11,18,23H2,1-4H3,(H,44,50)(H,45,51)(H,46,57)(H,47,53,58). The molecule has 0 spiro atoms. The number of hydrogen-bond acceptors (Lipinski definition) is 10. The Kier molecular flexibility index (Phi) is 13.4. The Balaban J connectivity index is 1.40. The van der Waals surface area contributed by atoms with Gasteiger partial charge in [-0.3, -0.25) is 39.1 Å². The molecule has 59 heavy (non-hydrogen) atoms. The molecule has 1 aliphatic rings. The van der Waals surface area contributed by atoms with Gasteiger partial charge in [0.1, 0.15) is 11.1 Å². The number of ether oxygens (including phenoxy) is 1. The summed E-state index contributed by atoms with van der Waals surface area (Å²) >= 11 is 0. The topological polar surface area (TPSA) is 226 Å². The Labute approximate surface area is 337 Å². The van der Waals surface area contributed by atoms with Gasteiger partial charge in [-0.25, -0.2) is 19.1 Å². The van der Waals surface area contributed by atoms with Gasteiger partial charge in [-0.15, -0.1) is 0 Å². The van der Waals surface area contributed by atoms with E-state index in [1.807, 2.05) is 6.92 Å². The quantitative estimate of drug-likeness (QED) is 0.0369. The van der Waals surface area contributed by atoms with Crippen LogP contribution in [0.1, 0.15) is 58.1 Å². The molecule has 3 aromatic carbocycles. The van der Waals surface area contributed by atoms with E-state index in [0.29, 0.717) is 23.2 Å². The van der Waals surface area contributed by atoms with Crippen LogP contribution in [0.25, 0.3) is 17.3 Å². The van der Waals surface area contributed by atoms with Crippen molar-refractivity contribution in [3.05, 3.63) is 135 Å². The van der Waals surface area contributed by atoms with E-state index in [0.717, 1.165) is 9.47 Å². The van der Waals surface area contributed by atoms with Gasteiger partial charge in [0.15, 0.2) is 0 Å². The van der Waals surface area contributed by atoms with Gasteiger partial charge in [0.05, 0.1) is 23.4 Å². The van der Waals surface area contributed by atoms with Gasteiger partial charge in [-0.1, -0.05) is 61.5 Å². The first-order valence-corrected chi connectivity index (χ1v) is 18.5. The molecule has 5 rings (SSSR count). The van der Waals surface area contributed by atoms with Gasteiger partial charge in [-0.05, 0) is 86.4 Å². The molecule has 0 unspecified atom stereocenters. The second-order valence-electron chi connectivity index (χ2n) is 13.9. The lowest BCUT2D eigenvalue weighted by atomic mass is 9.91. The predicted molar refractivity (Wildman–Crippen MR) is 221 cm³/mol. The number of anilines is 3. The second-order valence-corrected chi connectivity index (χ2v) is 13.9. The molecule has 0 saturated carbocycles. The van der Waals surface area contributed by atoms with Gasteiger partial charge in [-0.2, -0.15) is 0 Å². The number of amides is 6. The molecule has 2 heterocycles. The van der Waals surface area contributed by atoms with Gasteiger partial charge in [0.25, 0.3) is 17.4 Å². The number of esters is 1. The Bertz CT molecular complexity index is 2530. The molecule has 16 heteroatoms. The highest BCUT2D eigenvalue weighted by Crippen LogP contribution is 2.26. The summed E-state index contributed by atoms with van der Waals surface area (Å²) in [6.07, 6.45) is 6.18. The number of allylic oxidation sites excluding steroid dienone is 4. The van der Waals surface area contributed by atoms with Crippen LogP contribution in [-0.2, 0) is 28.7 Å². The number of aromatic amines is 1. The number of aromatic nitrogens is 2. The monoisotopic (exact) mass is 802 g/mol. The zero-order valence-corrected chi connectivity index (χ0v) is 32.7. The highest BCUT2D eigenvalue weighted by molar-refractivity contribution is 6.37. The predicted octanol–water partition coefficient (Wildman–Crippen LogP) is 5.19. The zero-order chi connectivity index (χ0) is 42.9. The zero-order valence-electron chi connectivity index (χ0n) is 32.7. The van der Waals surface area contributed by atoms with Gasteiger partial charge >= 0.3 is 17.7 Å². The van der Waals surface area contributed by atoms with Crippen molar-refractivity contribution >= 4 is 64.3 Å². The van der Waals surface area contributed by atoms with E-state index in [1.165, 1.54) is 67.6 Å². The lowest BCUT2D eigenvalue weighted by Gasteiger charge is -2.26. The van der Waals surface area contributed by atoms with E-state index < -0.39 is 51.9 Å². The van der Waals surface area contributed by atoms with Gasteiger partial charge in [0, 0.05) is 24.7 Å². The smallest absolute Gasteiger partial charge is 0.335 e. The Morgan fingerprint density at radius 2 is 1.54 bits per heavy atom. The number of carbonyl (C=O) groups excluding carboxylic acids is 6. The number of barbiturate groups is 1. The number of H-pyrrole nitrogens is 1. The summed E-state index contributed by atoms with van der Waals surface area (Å²) in [4.78, 5) is 106. The maximum Gasteiger partial charge on any atom is 0.335 e. The van der Waals surface area contributed by atoms with Gasteiger partial charge in [0.2, 0.25) is 17.7 Å². The summed E-state index contributed by atoms with van der Waals surface area (Å²) in [6.45, 7) is 6.80. The molecule has 1 aliphatic heterocycles.